The minimum atomic E-state index is -0.642. The number of benzene rings is 6. The van der Waals surface area contributed by atoms with Crippen LogP contribution in [-0.2, 0) is 31.6 Å². The second-order valence-electron chi connectivity index (χ2n) is 16.4. The van der Waals surface area contributed by atoms with Gasteiger partial charge in [-0.3, -0.25) is 9.80 Å². The van der Waals surface area contributed by atoms with Gasteiger partial charge < -0.3 is 30.3 Å². The topological polar surface area (TPSA) is 89.5 Å². The molecule has 0 aliphatic carbocycles. The van der Waals surface area contributed by atoms with Crippen LogP contribution in [0.4, 0.5) is 0 Å². The lowest BCUT2D eigenvalue weighted by atomic mass is 9.78. The molecule has 0 aliphatic rings. The first-order chi connectivity index (χ1) is 29.8. The molecule has 61 heavy (non-hydrogen) atoms. The minimum absolute atomic E-state index is 0.207. The summed E-state index contributed by atoms with van der Waals surface area (Å²) < 4.78 is 12.2. The second-order valence-corrected chi connectivity index (χ2v) is 16.4. The zero-order valence-electron chi connectivity index (χ0n) is 35.9. The lowest BCUT2D eigenvalue weighted by Gasteiger charge is -2.27. The van der Waals surface area contributed by atoms with Crippen molar-refractivity contribution < 1.29 is 19.7 Å². The Balaban J connectivity index is 0.950. The van der Waals surface area contributed by atoms with E-state index in [0.717, 1.165) is 75.0 Å². The summed E-state index contributed by atoms with van der Waals surface area (Å²) in [7, 11) is 0. The van der Waals surface area contributed by atoms with Crippen molar-refractivity contribution in [2.75, 3.05) is 52.5 Å². The van der Waals surface area contributed by atoms with Crippen LogP contribution < -0.4 is 20.1 Å². The molecular weight excluding hydrogens is 757 g/mol. The molecule has 4 N–H and O–H groups in total. The molecule has 0 bridgehead atoms. The molecule has 6 rings (SSSR count). The number of aliphatic hydroxyl groups is 2. The van der Waals surface area contributed by atoms with Gasteiger partial charge in [-0.2, -0.15) is 0 Å². The molecule has 0 saturated carbocycles. The third kappa shape index (κ3) is 15.6. The minimum Gasteiger partial charge on any atom is -0.491 e. The van der Waals surface area contributed by atoms with Crippen LogP contribution >= 0.6 is 0 Å². The molecule has 0 spiro atoms. The lowest BCUT2D eigenvalue weighted by molar-refractivity contribution is 0.0657. The van der Waals surface area contributed by atoms with Gasteiger partial charge in [0.25, 0.3) is 0 Å². The summed E-state index contributed by atoms with van der Waals surface area (Å²) in [6.45, 7) is 12.2. The maximum Gasteiger partial charge on any atom is 0.119 e. The van der Waals surface area contributed by atoms with Gasteiger partial charge in [0, 0.05) is 70.9 Å². The van der Waals surface area contributed by atoms with Crippen molar-refractivity contribution >= 4 is 0 Å². The van der Waals surface area contributed by atoms with Crippen molar-refractivity contribution in [3.8, 4) is 11.5 Å². The highest BCUT2D eigenvalue weighted by Crippen LogP contribution is 2.33. The zero-order valence-corrected chi connectivity index (χ0v) is 35.9. The summed E-state index contributed by atoms with van der Waals surface area (Å²) in [6, 6.07) is 57.9. The van der Waals surface area contributed by atoms with E-state index in [4.69, 9.17) is 9.47 Å². The van der Waals surface area contributed by atoms with E-state index < -0.39 is 12.2 Å². The summed E-state index contributed by atoms with van der Waals surface area (Å²) in [5, 5.41) is 29.2. The van der Waals surface area contributed by atoms with E-state index >= 15 is 0 Å². The normalized spacial score (nSPS) is 12.7. The smallest absolute Gasteiger partial charge is 0.119 e. The molecule has 6 aromatic rings. The number of hydrogen-bond donors (Lipinski definition) is 4. The van der Waals surface area contributed by atoms with Gasteiger partial charge in [0.1, 0.15) is 36.9 Å². The fraction of sp³-hybridized carbons (Fsp3) is 0.321. The molecule has 6 aromatic carbocycles. The summed E-state index contributed by atoms with van der Waals surface area (Å²) >= 11 is 0. The molecule has 0 fully saturated rings. The zero-order chi connectivity index (χ0) is 42.5. The first-order valence-corrected chi connectivity index (χ1v) is 21.6. The van der Waals surface area contributed by atoms with Crippen molar-refractivity contribution in [1.82, 2.24) is 20.4 Å². The van der Waals surface area contributed by atoms with Gasteiger partial charge in [-0.25, -0.2) is 0 Å². The van der Waals surface area contributed by atoms with Crippen LogP contribution in [-0.4, -0.2) is 84.7 Å². The van der Waals surface area contributed by atoms with Crippen molar-refractivity contribution in [2.45, 2.75) is 57.6 Å². The van der Waals surface area contributed by atoms with Crippen LogP contribution in [0.2, 0.25) is 0 Å². The van der Waals surface area contributed by atoms with Crippen LogP contribution in [0, 0.1) is 0 Å². The van der Waals surface area contributed by atoms with Gasteiger partial charge in [-0.05, 0) is 57.6 Å². The Labute approximate surface area is 363 Å². The van der Waals surface area contributed by atoms with Gasteiger partial charge >= 0.3 is 0 Å². The second kappa shape index (κ2) is 24.2. The molecule has 2 atom stereocenters. The molecule has 320 valence electrons. The molecule has 0 aliphatic heterocycles. The van der Waals surface area contributed by atoms with Crippen molar-refractivity contribution in [3.05, 3.63) is 203 Å². The average Bonchev–Trinajstić information content (AvgIpc) is 3.29. The quantitative estimate of drug-likeness (QED) is 0.0409. The molecule has 0 heterocycles. The van der Waals surface area contributed by atoms with Crippen LogP contribution in [0.1, 0.15) is 47.2 Å². The van der Waals surface area contributed by atoms with E-state index in [9.17, 15) is 10.2 Å². The van der Waals surface area contributed by atoms with Crippen LogP contribution in [0.15, 0.2) is 170 Å². The van der Waals surface area contributed by atoms with Gasteiger partial charge in [-0.15, -0.1) is 0 Å². The van der Waals surface area contributed by atoms with E-state index in [0.29, 0.717) is 13.1 Å². The highest BCUT2D eigenvalue weighted by molar-refractivity contribution is 5.42. The number of aliphatic hydroxyl groups excluding tert-OH is 2. The van der Waals surface area contributed by atoms with Crippen molar-refractivity contribution in [1.29, 1.82) is 0 Å². The van der Waals surface area contributed by atoms with Gasteiger partial charge in [0.15, 0.2) is 0 Å². The van der Waals surface area contributed by atoms with Crippen molar-refractivity contribution in [2.24, 2.45) is 0 Å². The predicted octanol–water partition coefficient (Wildman–Crippen LogP) is 8.08. The molecule has 2 unspecified atom stereocenters. The number of rotatable bonds is 26. The number of ether oxygens (including phenoxy) is 2. The molecule has 0 amide bonds. The highest BCUT2D eigenvalue weighted by Gasteiger charge is 2.24. The van der Waals surface area contributed by atoms with Crippen LogP contribution in [0.25, 0.3) is 0 Å². The average molecular weight is 821 g/mol. The first kappa shape index (κ1) is 45.2. The maximum atomic E-state index is 11.1. The van der Waals surface area contributed by atoms with Crippen LogP contribution in [0.3, 0.4) is 0 Å². The molecule has 0 aromatic heterocycles. The Hall–Kier alpha value is -5.32. The predicted molar refractivity (Wildman–Crippen MR) is 248 cm³/mol. The Bertz CT molecular complexity index is 1920. The molecule has 0 saturated heterocycles. The third-order valence-electron chi connectivity index (χ3n) is 11.0. The Morgan fingerprint density at radius 3 is 1.13 bits per heavy atom. The van der Waals surface area contributed by atoms with E-state index in [-0.39, 0.29) is 18.6 Å². The first-order valence-electron chi connectivity index (χ1n) is 21.6. The van der Waals surface area contributed by atoms with Crippen LogP contribution in [0.5, 0.6) is 11.5 Å². The molecule has 8 nitrogen and oxygen atoms in total. The Morgan fingerprint density at radius 2 is 0.787 bits per heavy atom. The maximum absolute atomic E-state index is 11.1. The summed E-state index contributed by atoms with van der Waals surface area (Å²) in [5.41, 5.74) is 6.98. The number of nitrogens with one attached hydrogen (secondary N) is 2. The van der Waals surface area contributed by atoms with E-state index in [1.807, 2.05) is 48.5 Å². The molecule has 0 radical (unpaired) electrons. The van der Waals surface area contributed by atoms with E-state index in [1.54, 1.807) is 0 Å². The molecule has 8 heteroatoms. The SMILES string of the molecule is CC(C)(c1ccc(OCC(O)CN(CCNCc2ccccc2)Cc2ccccc2)cc1)c1ccc(OCC(O)CN(CCNCc2ccccc2)Cc2ccccc2)cc1. The van der Waals surface area contributed by atoms with E-state index in [1.165, 1.54) is 22.3 Å². The molecular formula is C53H64N4O4. The lowest BCUT2D eigenvalue weighted by Crippen LogP contribution is -2.39. The highest BCUT2D eigenvalue weighted by atomic mass is 16.5. The summed E-state index contributed by atoms with van der Waals surface area (Å²) in [6.07, 6.45) is -1.28. The third-order valence-corrected chi connectivity index (χ3v) is 11.0. The summed E-state index contributed by atoms with van der Waals surface area (Å²) in [4.78, 5) is 4.56. The Morgan fingerprint density at radius 1 is 0.459 bits per heavy atom. The van der Waals surface area contributed by atoms with Crippen molar-refractivity contribution in [3.63, 3.8) is 0 Å². The monoisotopic (exact) mass is 820 g/mol. The van der Waals surface area contributed by atoms with Gasteiger partial charge in [-0.1, -0.05) is 159 Å². The largest absolute Gasteiger partial charge is 0.491 e. The van der Waals surface area contributed by atoms with E-state index in [2.05, 4.69) is 156 Å². The fourth-order valence-corrected chi connectivity index (χ4v) is 7.47. The number of hydrogen-bond acceptors (Lipinski definition) is 8. The summed E-state index contributed by atoms with van der Waals surface area (Å²) in [5.74, 6) is 1.46. The Kier molecular flexibility index (Phi) is 17.9. The number of nitrogens with zero attached hydrogens (tertiary/aromatic N) is 2. The van der Waals surface area contributed by atoms with Gasteiger partial charge in [0.05, 0.1) is 0 Å². The fourth-order valence-electron chi connectivity index (χ4n) is 7.47. The standard InChI is InChI=1S/C53H64N4O4/c1-53(2,47-23-27-51(28-24-47)60-41-49(58)39-56(37-45-19-11-5-12-20-45)33-31-54-35-43-15-7-3-8-16-43)48-25-29-52(30-26-48)61-42-50(59)40-57(38-46-21-13-6-14-22-46)34-32-55-36-44-17-9-4-10-18-44/h3-30,49-50,54-55,58-59H,31-42H2,1-2H3. The van der Waals surface area contributed by atoms with Gasteiger partial charge in [0.2, 0.25) is 0 Å².